The van der Waals surface area contributed by atoms with Crippen molar-refractivity contribution >= 4 is 11.6 Å². The lowest BCUT2D eigenvalue weighted by Crippen LogP contribution is -2.39. The van der Waals surface area contributed by atoms with Gasteiger partial charge in [-0.25, -0.2) is 4.99 Å². The Balaban J connectivity index is 2.02. The predicted molar refractivity (Wildman–Crippen MR) is 98.9 cm³/mol. The molecule has 0 aliphatic heterocycles. The first kappa shape index (κ1) is 19.5. The fraction of sp³-hybridized carbons (Fsp3) is 0.389. The zero-order chi connectivity index (χ0) is 18.8. The molecule has 140 valence electrons. The highest BCUT2D eigenvalue weighted by Crippen LogP contribution is 2.13. The van der Waals surface area contributed by atoms with Crippen LogP contribution in [0.1, 0.15) is 17.7 Å². The number of benzene rings is 1. The smallest absolute Gasteiger partial charge is 0.269 e. The van der Waals surface area contributed by atoms with Gasteiger partial charge in [-0.2, -0.15) is 0 Å². The van der Waals surface area contributed by atoms with Crippen LogP contribution in [0, 0.1) is 10.1 Å². The van der Waals surface area contributed by atoms with Gasteiger partial charge in [-0.15, -0.1) is 0 Å². The van der Waals surface area contributed by atoms with Crippen molar-refractivity contribution in [3.8, 4) is 0 Å². The lowest BCUT2D eigenvalue weighted by molar-refractivity contribution is -0.384. The number of non-ortho nitro benzene ring substituents is 1. The molecule has 8 heteroatoms. The van der Waals surface area contributed by atoms with Crippen molar-refractivity contribution < 1.29 is 14.1 Å². The molecule has 2 aromatic rings. The second-order valence-electron chi connectivity index (χ2n) is 5.77. The minimum absolute atomic E-state index is 0.0746. The van der Waals surface area contributed by atoms with Crippen LogP contribution in [0.4, 0.5) is 5.69 Å². The molecule has 2 rings (SSSR count). The van der Waals surface area contributed by atoms with Gasteiger partial charge >= 0.3 is 0 Å². The molecule has 0 aliphatic rings. The molecule has 0 radical (unpaired) electrons. The van der Waals surface area contributed by atoms with Crippen LogP contribution in [-0.2, 0) is 17.8 Å². The van der Waals surface area contributed by atoms with Crippen LogP contribution >= 0.6 is 0 Å². The average Bonchev–Trinajstić information content (AvgIpc) is 3.14. The third-order valence-corrected chi connectivity index (χ3v) is 3.70. The Labute approximate surface area is 152 Å². The third-order valence-electron chi connectivity index (χ3n) is 3.70. The van der Waals surface area contributed by atoms with Gasteiger partial charge in [0.2, 0.25) is 0 Å². The Morgan fingerprint density at radius 1 is 1.35 bits per heavy atom. The van der Waals surface area contributed by atoms with E-state index in [0.29, 0.717) is 19.7 Å². The lowest BCUT2D eigenvalue weighted by Gasteiger charge is -2.21. The standard InChI is InChI=1S/C18H24N4O4/c1-21(14-17-5-3-12-26-17)18(19-10-4-11-25-2)20-13-15-6-8-16(9-7-15)22(23)24/h3,5-9,12H,4,10-11,13-14H2,1-2H3,(H,19,20). The van der Waals surface area contributed by atoms with E-state index in [2.05, 4.69) is 10.3 Å². The van der Waals surface area contributed by atoms with Crippen molar-refractivity contribution in [2.24, 2.45) is 4.99 Å². The molecule has 0 saturated carbocycles. The molecular formula is C18H24N4O4. The molecule has 0 bridgehead atoms. The molecule has 1 N–H and O–H groups in total. The van der Waals surface area contributed by atoms with E-state index in [1.807, 2.05) is 24.1 Å². The number of aliphatic imine (C=N–C) groups is 1. The second kappa shape index (κ2) is 10.2. The van der Waals surface area contributed by atoms with E-state index in [4.69, 9.17) is 9.15 Å². The number of nitro benzene ring substituents is 1. The highest BCUT2D eigenvalue weighted by Gasteiger charge is 2.09. The van der Waals surface area contributed by atoms with Gasteiger partial charge in [0, 0.05) is 39.4 Å². The van der Waals surface area contributed by atoms with Crippen LogP contribution < -0.4 is 5.32 Å². The Bertz CT molecular complexity index is 698. The summed E-state index contributed by atoms with van der Waals surface area (Å²) in [7, 11) is 3.60. The number of nitrogens with zero attached hydrogens (tertiary/aromatic N) is 3. The monoisotopic (exact) mass is 360 g/mol. The number of hydrogen-bond acceptors (Lipinski definition) is 5. The van der Waals surface area contributed by atoms with E-state index in [9.17, 15) is 10.1 Å². The molecule has 0 amide bonds. The van der Waals surface area contributed by atoms with E-state index in [1.54, 1.807) is 25.5 Å². The maximum Gasteiger partial charge on any atom is 0.269 e. The minimum atomic E-state index is -0.410. The average molecular weight is 360 g/mol. The van der Waals surface area contributed by atoms with Crippen molar-refractivity contribution in [2.45, 2.75) is 19.5 Å². The van der Waals surface area contributed by atoms with Crippen molar-refractivity contribution in [1.29, 1.82) is 0 Å². The van der Waals surface area contributed by atoms with Crippen molar-refractivity contribution in [3.05, 3.63) is 64.1 Å². The SMILES string of the molecule is COCCCNC(=NCc1ccc([N+](=O)[O-])cc1)N(C)Cc1ccco1. The third kappa shape index (κ3) is 6.21. The zero-order valence-corrected chi connectivity index (χ0v) is 15.1. The Hall–Kier alpha value is -2.87. The summed E-state index contributed by atoms with van der Waals surface area (Å²) < 4.78 is 10.5. The Morgan fingerprint density at radius 3 is 2.73 bits per heavy atom. The number of nitrogens with one attached hydrogen (secondary N) is 1. The Kier molecular flexibility index (Phi) is 7.63. The lowest BCUT2D eigenvalue weighted by atomic mass is 10.2. The summed E-state index contributed by atoms with van der Waals surface area (Å²) in [6.45, 7) is 2.41. The van der Waals surface area contributed by atoms with Crippen molar-refractivity contribution in [3.63, 3.8) is 0 Å². The van der Waals surface area contributed by atoms with Gasteiger partial charge in [0.25, 0.3) is 5.69 Å². The van der Waals surface area contributed by atoms with Crippen LogP contribution in [0.2, 0.25) is 0 Å². The van der Waals surface area contributed by atoms with Gasteiger partial charge in [0.15, 0.2) is 5.96 Å². The highest BCUT2D eigenvalue weighted by atomic mass is 16.6. The number of nitro groups is 1. The molecule has 1 aromatic carbocycles. The van der Waals surface area contributed by atoms with Gasteiger partial charge in [-0.05, 0) is 24.1 Å². The fourth-order valence-electron chi connectivity index (χ4n) is 2.33. The van der Waals surface area contributed by atoms with Crippen LogP contribution in [0.25, 0.3) is 0 Å². The Morgan fingerprint density at radius 2 is 2.12 bits per heavy atom. The number of guanidine groups is 1. The number of rotatable bonds is 9. The molecule has 0 spiro atoms. The normalized spacial score (nSPS) is 11.4. The molecule has 1 heterocycles. The molecule has 0 fully saturated rings. The van der Waals surface area contributed by atoms with Gasteiger partial charge in [-0.1, -0.05) is 12.1 Å². The summed E-state index contributed by atoms with van der Waals surface area (Å²) >= 11 is 0. The van der Waals surface area contributed by atoms with Gasteiger partial charge in [0.1, 0.15) is 5.76 Å². The summed E-state index contributed by atoms with van der Waals surface area (Å²) in [6, 6.07) is 10.2. The van der Waals surface area contributed by atoms with Crippen molar-refractivity contribution in [1.82, 2.24) is 10.2 Å². The first-order valence-electron chi connectivity index (χ1n) is 8.34. The quantitative estimate of drug-likeness (QED) is 0.243. The molecular weight excluding hydrogens is 336 g/mol. The van der Waals surface area contributed by atoms with E-state index < -0.39 is 4.92 Å². The van der Waals surface area contributed by atoms with Gasteiger partial charge in [-0.3, -0.25) is 10.1 Å². The van der Waals surface area contributed by atoms with Gasteiger partial charge < -0.3 is 19.4 Å². The molecule has 1 aromatic heterocycles. The van der Waals surface area contributed by atoms with E-state index >= 15 is 0 Å². The summed E-state index contributed by atoms with van der Waals surface area (Å²) in [5, 5.41) is 14.0. The molecule has 26 heavy (non-hydrogen) atoms. The summed E-state index contributed by atoms with van der Waals surface area (Å²) in [5.41, 5.74) is 0.976. The van der Waals surface area contributed by atoms with E-state index in [0.717, 1.165) is 30.2 Å². The van der Waals surface area contributed by atoms with E-state index in [-0.39, 0.29) is 5.69 Å². The zero-order valence-electron chi connectivity index (χ0n) is 15.1. The highest BCUT2D eigenvalue weighted by molar-refractivity contribution is 5.79. The van der Waals surface area contributed by atoms with Gasteiger partial charge in [0.05, 0.1) is 24.3 Å². The maximum atomic E-state index is 10.7. The number of ether oxygens (including phenoxy) is 1. The predicted octanol–water partition coefficient (Wildman–Crippen LogP) is 2.80. The fourth-order valence-corrected chi connectivity index (χ4v) is 2.33. The molecule has 0 aliphatic carbocycles. The van der Waals surface area contributed by atoms with Crippen LogP contribution in [0.3, 0.4) is 0 Å². The second-order valence-corrected chi connectivity index (χ2v) is 5.77. The molecule has 0 unspecified atom stereocenters. The maximum absolute atomic E-state index is 10.7. The minimum Gasteiger partial charge on any atom is -0.467 e. The van der Waals surface area contributed by atoms with E-state index in [1.165, 1.54) is 12.1 Å². The summed E-state index contributed by atoms with van der Waals surface area (Å²) in [4.78, 5) is 16.9. The molecule has 0 atom stereocenters. The molecule has 0 saturated heterocycles. The first-order valence-corrected chi connectivity index (χ1v) is 8.34. The number of hydrogen-bond donors (Lipinski definition) is 1. The summed E-state index contributed by atoms with van der Waals surface area (Å²) in [6.07, 6.45) is 2.50. The van der Waals surface area contributed by atoms with Crippen molar-refractivity contribution in [2.75, 3.05) is 27.3 Å². The first-order chi connectivity index (χ1) is 12.6. The number of methoxy groups -OCH3 is 1. The largest absolute Gasteiger partial charge is 0.467 e. The topological polar surface area (TPSA) is 93.1 Å². The molecule has 8 nitrogen and oxygen atoms in total. The number of furan rings is 1. The van der Waals surface area contributed by atoms with Crippen LogP contribution in [0.15, 0.2) is 52.1 Å². The van der Waals surface area contributed by atoms with Crippen LogP contribution in [-0.4, -0.2) is 43.1 Å². The van der Waals surface area contributed by atoms with Crippen LogP contribution in [0.5, 0.6) is 0 Å². The summed E-state index contributed by atoms with van der Waals surface area (Å²) in [5.74, 6) is 1.57.